The van der Waals surface area contributed by atoms with Crippen LogP contribution in [0.15, 0.2) is 54.6 Å². The Balaban J connectivity index is 0.000000336. The number of rotatable bonds is 3. The molecule has 0 radical (unpaired) electrons. The molecule has 0 unspecified atom stereocenters. The molecule has 0 bridgehead atoms. The van der Waals surface area contributed by atoms with Crippen molar-refractivity contribution in [2.75, 3.05) is 20.4 Å². The van der Waals surface area contributed by atoms with E-state index < -0.39 is 33.7 Å². The quantitative estimate of drug-likeness (QED) is 0.391. The molecule has 3 aliphatic heterocycles. The summed E-state index contributed by atoms with van der Waals surface area (Å²) in [7, 11) is 0. The molecule has 11 heteroatoms. The second kappa shape index (κ2) is 11.3. The van der Waals surface area contributed by atoms with E-state index in [-0.39, 0.29) is 20.4 Å². The normalized spacial score (nSPS) is 13.3. The van der Waals surface area contributed by atoms with Crippen LogP contribution in [0.2, 0.25) is 0 Å². The van der Waals surface area contributed by atoms with E-state index in [1.54, 1.807) is 0 Å². The number of carboxylic acids is 2. The Kier molecular flexibility index (Phi) is 8.00. The third-order valence-corrected chi connectivity index (χ3v) is 14.1. The van der Waals surface area contributed by atoms with Crippen LogP contribution in [0, 0.1) is 0 Å². The number of fused-ring (bicyclic) bond motifs is 3. The van der Waals surface area contributed by atoms with Crippen molar-refractivity contribution in [3.05, 3.63) is 54.6 Å². The van der Waals surface area contributed by atoms with Crippen molar-refractivity contribution in [3.8, 4) is 34.5 Å². The number of benzene rings is 3. The molecule has 0 saturated heterocycles. The Hall–Kier alpha value is -3.72. The van der Waals surface area contributed by atoms with E-state index in [1.807, 2.05) is 18.2 Å². The molecule has 3 aliphatic rings. The molecule has 0 amide bonds. The minimum absolute atomic E-state index is 0.270. The van der Waals surface area contributed by atoms with Crippen molar-refractivity contribution >= 4 is 43.5 Å². The van der Waals surface area contributed by atoms with Crippen molar-refractivity contribution in [1.82, 2.24) is 0 Å². The first-order valence-corrected chi connectivity index (χ1v) is 15.9. The first-order chi connectivity index (χ1) is 17.3. The molecule has 0 saturated carbocycles. The predicted octanol–water partition coefficient (Wildman–Crippen LogP) is 1.57. The molecule has 36 heavy (non-hydrogen) atoms. The van der Waals surface area contributed by atoms with Crippen LogP contribution in [0.5, 0.6) is 34.5 Å². The Morgan fingerprint density at radius 2 is 0.806 bits per heavy atom. The van der Waals surface area contributed by atoms with Gasteiger partial charge in [0.2, 0.25) is 0 Å². The van der Waals surface area contributed by atoms with Crippen LogP contribution in [0.25, 0.3) is 0 Å². The molecule has 3 heterocycles. The van der Waals surface area contributed by atoms with Gasteiger partial charge in [-0.15, -0.1) is 0 Å². The Bertz CT molecular complexity index is 1120. The average Bonchev–Trinajstić information content (AvgIpc) is 3.58. The van der Waals surface area contributed by atoms with E-state index in [4.69, 9.17) is 48.2 Å². The first-order valence-electron chi connectivity index (χ1n) is 10.7. The number of hydrogen-bond donors (Lipinski definition) is 2. The van der Waals surface area contributed by atoms with Crippen molar-refractivity contribution in [2.45, 2.75) is 13.8 Å². The molecule has 0 aromatic heterocycles. The summed E-state index contributed by atoms with van der Waals surface area (Å²) < 4.78 is 37.2. The number of hydrogen-bond acceptors (Lipinski definition) is 8. The molecule has 0 fully saturated rings. The standard InChI is InChI=1S/3C7H5O2.2C2H4O2.Bi/c3*1-2-4-7-6(3-1)8-5-9-7;2*1-2(3)4;/h3*1,3-4H,5H2;2*1H3,(H,3,4);. The summed E-state index contributed by atoms with van der Waals surface area (Å²) in [5.41, 5.74) is 0. The van der Waals surface area contributed by atoms with E-state index in [0.29, 0.717) is 0 Å². The van der Waals surface area contributed by atoms with Crippen molar-refractivity contribution in [1.29, 1.82) is 0 Å². The maximum atomic E-state index is 9.00. The monoisotopic (exact) mass is 692 g/mol. The van der Waals surface area contributed by atoms with Gasteiger partial charge in [-0.3, -0.25) is 9.59 Å². The van der Waals surface area contributed by atoms with Crippen LogP contribution in [0.3, 0.4) is 0 Å². The van der Waals surface area contributed by atoms with Crippen LogP contribution in [-0.2, 0) is 9.59 Å². The van der Waals surface area contributed by atoms with E-state index in [2.05, 4.69) is 36.4 Å². The first kappa shape index (κ1) is 25.4. The molecular weight excluding hydrogens is 669 g/mol. The fourth-order valence-electron chi connectivity index (χ4n) is 3.52. The molecule has 6 rings (SSSR count). The van der Waals surface area contributed by atoms with Gasteiger partial charge in [-0.05, 0) is 0 Å². The van der Waals surface area contributed by atoms with Gasteiger partial charge in [-0.2, -0.15) is 0 Å². The summed E-state index contributed by atoms with van der Waals surface area (Å²) in [6.45, 7) is 2.98. The molecule has 0 aliphatic carbocycles. The third-order valence-electron chi connectivity index (χ3n) is 4.84. The van der Waals surface area contributed by atoms with Gasteiger partial charge in [0.15, 0.2) is 0 Å². The molecule has 3 aromatic rings. The summed E-state index contributed by atoms with van der Waals surface area (Å²) in [6, 6.07) is 18.8. The van der Waals surface area contributed by atoms with E-state index in [9.17, 15) is 0 Å². The van der Waals surface area contributed by atoms with Crippen LogP contribution in [-0.4, -0.2) is 64.3 Å². The maximum absolute atomic E-state index is 9.00. The van der Waals surface area contributed by atoms with E-state index in [1.165, 1.54) is 9.81 Å². The van der Waals surface area contributed by atoms with Gasteiger partial charge in [0, 0.05) is 13.8 Å². The summed E-state index contributed by atoms with van der Waals surface area (Å²) >= 11 is -2.65. The van der Waals surface area contributed by atoms with Crippen molar-refractivity contribution < 1.29 is 48.2 Å². The van der Waals surface area contributed by atoms with Gasteiger partial charge in [-0.1, -0.05) is 0 Å². The number of ether oxygens (including phenoxy) is 6. The minimum atomic E-state index is -2.65. The van der Waals surface area contributed by atoms with Crippen LogP contribution < -0.4 is 38.2 Å². The van der Waals surface area contributed by atoms with E-state index >= 15 is 0 Å². The molecule has 0 atom stereocenters. The Morgan fingerprint density at radius 1 is 0.556 bits per heavy atom. The van der Waals surface area contributed by atoms with Crippen molar-refractivity contribution in [3.63, 3.8) is 0 Å². The zero-order valence-corrected chi connectivity index (χ0v) is 22.9. The number of carboxylic acid groups (broad SMARTS) is 2. The average molecular weight is 692 g/mol. The van der Waals surface area contributed by atoms with Gasteiger partial charge >= 0.3 is 169 Å². The second-order valence-corrected chi connectivity index (χ2v) is 16.1. The SMILES string of the molecule is CC(=O)O.CC(=O)O.c1cc2c(c[c]1[Bi]([c]1ccc3c(c1)OCO3)[c]1ccc3c(c1)OCO3)OCO2. The fraction of sp³-hybridized carbons (Fsp3) is 0.200. The topological polar surface area (TPSA) is 130 Å². The van der Waals surface area contributed by atoms with Crippen LogP contribution in [0.4, 0.5) is 0 Å². The number of aliphatic carboxylic acids is 2. The summed E-state index contributed by atoms with van der Waals surface area (Å²) in [4.78, 5) is 18.0. The molecule has 2 N–H and O–H groups in total. The Morgan fingerprint density at radius 3 is 1.08 bits per heavy atom. The van der Waals surface area contributed by atoms with E-state index in [0.717, 1.165) is 48.3 Å². The van der Waals surface area contributed by atoms with Crippen LogP contribution in [0.1, 0.15) is 13.8 Å². The van der Waals surface area contributed by atoms with Gasteiger partial charge in [-0.25, -0.2) is 0 Å². The van der Waals surface area contributed by atoms with Crippen molar-refractivity contribution in [2.24, 2.45) is 0 Å². The number of carbonyl (C=O) groups is 2. The molecule has 0 spiro atoms. The zero-order chi connectivity index (χ0) is 25.7. The van der Waals surface area contributed by atoms with Gasteiger partial charge in [0.1, 0.15) is 0 Å². The summed E-state index contributed by atoms with van der Waals surface area (Å²) in [5, 5.41) is 14.8. The zero-order valence-electron chi connectivity index (χ0n) is 19.4. The summed E-state index contributed by atoms with van der Waals surface area (Å²) in [6.07, 6.45) is 0. The summed E-state index contributed by atoms with van der Waals surface area (Å²) in [5.74, 6) is 3.13. The van der Waals surface area contributed by atoms with Crippen LogP contribution >= 0.6 is 0 Å². The van der Waals surface area contributed by atoms with Gasteiger partial charge < -0.3 is 10.2 Å². The predicted molar refractivity (Wildman–Crippen MR) is 129 cm³/mol. The second-order valence-electron chi connectivity index (χ2n) is 7.49. The third kappa shape index (κ3) is 6.09. The molecule has 10 nitrogen and oxygen atoms in total. The molecule has 3 aromatic carbocycles. The molecule has 188 valence electrons. The molecular formula is C25H23BiO10. The fourth-order valence-corrected chi connectivity index (χ4v) is 12.5. The Labute approximate surface area is 214 Å². The van der Waals surface area contributed by atoms with Gasteiger partial charge in [0.25, 0.3) is 11.9 Å². The van der Waals surface area contributed by atoms with Gasteiger partial charge in [0.05, 0.1) is 0 Å².